The SMILES string of the molecule is CCOC(=O)N1CCN(S(=O)(=O)c2ccc(C)c(C(=O)NC)c2)CC1. The Hall–Kier alpha value is -2.13. The molecule has 8 nitrogen and oxygen atoms in total. The van der Waals surface area contributed by atoms with Crippen LogP contribution in [-0.2, 0) is 14.8 Å². The fourth-order valence-corrected chi connectivity index (χ4v) is 4.06. The van der Waals surface area contributed by atoms with E-state index in [1.165, 1.54) is 28.4 Å². The van der Waals surface area contributed by atoms with E-state index in [-0.39, 0.29) is 43.6 Å². The maximum Gasteiger partial charge on any atom is 0.409 e. The molecule has 0 atom stereocenters. The standard InChI is InChI=1S/C16H23N3O5S/c1-4-24-16(21)18-7-9-19(10-8-18)25(22,23)13-6-5-12(2)14(11-13)15(20)17-3/h5-6,11H,4,7-10H2,1-3H3,(H,17,20). The molecule has 9 heteroatoms. The van der Waals surface area contributed by atoms with Crippen molar-refractivity contribution in [2.75, 3.05) is 39.8 Å². The second-order valence-corrected chi connectivity index (χ2v) is 7.58. The lowest BCUT2D eigenvalue weighted by molar-refractivity contribution is 0.0931. The fraction of sp³-hybridized carbons (Fsp3) is 0.500. The highest BCUT2D eigenvalue weighted by Crippen LogP contribution is 2.21. The maximum atomic E-state index is 12.8. The summed E-state index contributed by atoms with van der Waals surface area (Å²) in [5.41, 5.74) is 1.03. The number of sulfonamides is 1. The third-order valence-electron chi connectivity index (χ3n) is 4.08. The normalized spacial score (nSPS) is 15.7. The van der Waals surface area contributed by atoms with Gasteiger partial charge < -0.3 is 15.0 Å². The van der Waals surface area contributed by atoms with Crippen molar-refractivity contribution in [2.45, 2.75) is 18.7 Å². The molecule has 1 N–H and O–H groups in total. The monoisotopic (exact) mass is 369 g/mol. The van der Waals surface area contributed by atoms with Crippen LogP contribution in [-0.4, -0.2) is 69.5 Å². The minimum Gasteiger partial charge on any atom is -0.450 e. The molecule has 1 aromatic carbocycles. The van der Waals surface area contributed by atoms with E-state index >= 15 is 0 Å². The summed E-state index contributed by atoms with van der Waals surface area (Å²) in [6.45, 7) is 4.66. The molecular weight excluding hydrogens is 346 g/mol. The molecule has 138 valence electrons. The maximum absolute atomic E-state index is 12.8. The Morgan fingerprint density at radius 3 is 2.40 bits per heavy atom. The number of piperazine rings is 1. The number of aryl methyl sites for hydroxylation is 1. The van der Waals surface area contributed by atoms with Gasteiger partial charge in [-0.3, -0.25) is 4.79 Å². The highest BCUT2D eigenvalue weighted by atomic mass is 32.2. The number of amides is 2. The van der Waals surface area contributed by atoms with Gasteiger partial charge in [0.1, 0.15) is 0 Å². The van der Waals surface area contributed by atoms with Gasteiger partial charge in [0.2, 0.25) is 10.0 Å². The summed E-state index contributed by atoms with van der Waals surface area (Å²) in [5.74, 6) is -0.332. The second kappa shape index (κ2) is 7.83. The van der Waals surface area contributed by atoms with E-state index in [0.29, 0.717) is 11.1 Å². The molecule has 1 aliphatic heterocycles. The van der Waals surface area contributed by atoms with Gasteiger partial charge >= 0.3 is 6.09 Å². The van der Waals surface area contributed by atoms with Crippen molar-refractivity contribution in [3.63, 3.8) is 0 Å². The van der Waals surface area contributed by atoms with Gasteiger partial charge in [0.25, 0.3) is 5.91 Å². The van der Waals surface area contributed by atoms with Gasteiger partial charge in [0.05, 0.1) is 11.5 Å². The molecular formula is C16H23N3O5S. The van der Waals surface area contributed by atoms with Crippen LogP contribution in [0.25, 0.3) is 0 Å². The molecule has 1 aromatic rings. The number of carbonyl (C=O) groups excluding carboxylic acids is 2. The van der Waals surface area contributed by atoms with Crippen molar-refractivity contribution in [2.24, 2.45) is 0 Å². The predicted octanol–water partition coefficient (Wildman–Crippen LogP) is 0.817. The highest BCUT2D eigenvalue weighted by molar-refractivity contribution is 7.89. The molecule has 1 aliphatic rings. The number of benzene rings is 1. The fourth-order valence-electron chi connectivity index (χ4n) is 2.62. The molecule has 2 amide bonds. The molecule has 0 bridgehead atoms. The van der Waals surface area contributed by atoms with Crippen molar-refractivity contribution in [1.29, 1.82) is 0 Å². The number of ether oxygens (including phenoxy) is 1. The van der Waals surface area contributed by atoms with Crippen LogP contribution in [0.2, 0.25) is 0 Å². The van der Waals surface area contributed by atoms with Crippen molar-refractivity contribution in [1.82, 2.24) is 14.5 Å². The van der Waals surface area contributed by atoms with E-state index in [2.05, 4.69) is 5.32 Å². The molecule has 0 spiro atoms. The summed E-state index contributed by atoms with van der Waals surface area (Å²) in [7, 11) is -2.23. The third kappa shape index (κ3) is 4.10. The Labute approximate surface area is 147 Å². The summed E-state index contributed by atoms with van der Waals surface area (Å²) in [6.07, 6.45) is -0.434. The number of hydrogen-bond donors (Lipinski definition) is 1. The molecule has 0 saturated carbocycles. The highest BCUT2D eigenvalue weighted by Gasteiger charge is 2.31. The average molecular weight is 369 g/mol. The first kappa shape index (κ1) is 19.2. The lowest BCUT2D eigenvalue weighted by Gasteiger charge is -2.33. The molecule has 0 unspecified atom stereocenters. The van der Waals surface area contributed by atoms with E-state index in [4.69, 9.17) is 4.74 Å². The summed E-state index contributed by atoms with van der Waals surface area (Å²) >= 11 is 0. The zero-order chi connectivity index (χ0) is 18.6. The topological polar surface area (TPSA) is 96.0 Å². The summed E-state index contributed by atoms with van der Waals surface area (Å²) in [6, 6.07) is 4.50. The minimum atomic E-state index is -3.73. The first-order chi connectivity index (χ1) is 11.8. The number of rotatable bonds is 4. The lowest BCUT2D eigenvalue weighted by atomic mass is 10.1. The van der Waals surface area contributed by atoms with Gasteiger partial charge in [0.15, 0.2) is 0 Å². The van der Waals surface area contributed by atoms with Crippen molar-refractivity contribution < 1.29 is 22.7 Å². The van der Waals surface area contributed by atoms with Gasteiger partial charge in [-0.05, 0) is 31.5 Å². The molecule has 1 fully saturated rings. The molecule has 25 heavy (non-hydrogen) atoms. The summed E-state index contributed by atoms with van der Waals surface area (Å²) in [5, 5.41) is 2.51. The predicted molar refractivity (Wildman–Crippen MR) is 91.9 cm³/mol. The minimum absolute atomic E-state index is 0.0706. The Bertz CT molecular complexity index is 755. The first-order valence-electron chi connectivity index (χ1n) is 8.05. The van der Waals surface area contributed by atoms with Gasteiger partial charge in [-0.25, -0.2) is 13.2 Å². The van der Waals surface area contributed by atoms with Crippen LogP contribution < -0.4 is 5.32 Å². The van der Waals surface area contributed by atoms with Crippen LogP contribution in [0, 0.1) is 6.92 Å². The van der Waals surface area contributed by atoms with Gasteiger partial charge in [-0.2, -0.15) is 4.31 Å². The number of nitrogens with one attached hydrogen (secondary N) is 1. The van der Waals surface area contributed by atoms with E-state index < -0.39 is 16.1 Å². The third-order valence-corrected chi connectivity index (χ3v) is 5.98. The smallest absolute Gasteiger partial charge is 0.409 e. The van der Waals surface area contributed by atoms with E-state index in [9.17, 15) is 18.0 Å². The quantitative estimate of drug-likeness (QED) is 0.848. The molecule has 0 aliphatic carbocycles. The number of hydrogen-bond acceptors (Lipinski definition) is 5. The lowest BCUT2D eigenvalue weighted by Crippen LogP contribution is -2.50. The van der Waals surface area contributed by atoms with Crippen LogP contribution >= 0.6 is 0 Å². The first-order valence-corrected chi connectivity index (χ1v) is 9.49. The van der Waals surface area contributed by atoms with Crippen LogP contribution in [0.1, 0.15) is 22.8 Å². The van der Waals surface area contributed by atoms with Crippen LogP contribution in [0.5, 0.6) is 0 Å². The van der Waals surface area contributed by atoms with Gasteiger partial charge in [-0.15, -0.1) is 0 Å². The Kier molecular flexibility index (Phi) is 6.02. The average Bonchev–Trinajstić information content (AvgIpc) is 2.61. The Balaban J connectivity index is 2.18. The van der Waals surface area contributed by atoms with Crippen LogP contribution in [0.3, 0.4) is 0 Å². The van der Waals surface area contributed by atoms with Crippen molar-refractivity contribution in [3.05, 3.63) is 29.3 Å². The zero-order valence-corrected chi connectivity index (χ0v) is 15.4. The van der Waals surface area contributed by atoms with Crippen molar-refractivity contribution in [3.8, 4) is 0 Å². The number of carbonyl (C=O) groups is 2. The van der Waals surface area contributed by atoms with Crippen LogP contribution in [0.4, 0.5) is 4.79 Å². The van der Waals surface area contributed by atoms with Gasteiger partial charge in [-0.1, -0.05) is 6.07 Å². The van der Waals surface area contributed by atoms with Crippen LogP contribution in [0.15, 0.2) is 23.1 Å². The van der Waals surface area contributed by atoms with E-state index in [1.54, 1.807) is 19.9 Å². The largest absolute Gasteiger partial charge is 0.450 e. The summed E-state index contributed by atoms with van der Waals surface area (Å²) < 4.78 is 31.9. The Morgan fingerprint density at radius 2 is 1.84 bits per heavy atom. The molecule has 0 aromatic heterocycles. The van der Waals surface area contributed by atoms with E-state index in [0.717, 1.165) is 0 Å². The zero-order valence-electron chi connectivity index (χ0n) is 14.6. The molecule has 0 radical (unpaired) electrons. The molecule has 1 saturated heterocycles. The van der Waals surface area contributed by atoms with Gasteiger partial charge in [0, 0.05) is 38.8 Å². The van der Waals surface area contributed by atoms with E-state index in [1.807, 2.05) is 0 Å². The molecule has 1 heterocycles. The number of nitrogens with zero attached hydrogens (tertiary/aromatic N) is 2. The molecule has 2 rings (SSSR count). The Morgan fingerprint density at radius 1 is 1.20 bits per heavy atom. The van der Waals surface area contributed by atoms with Crippen molar-refractivity contribution >= 4 is 22.0 Å². The second-order valence-electron chi connectivity index (χ2n) is 5.65. The summed E-state index contributed by atoms with van der Waals surface area (Å²) in [4.78, 5) is 25.2.